The first-order chi connectivity index (χ1) is 7.47. The van der Waals surface area contributed by atoms with E-state index in [9.17, 15) is 9.90 Å². The van der Waals surface area contributed by atoms with Crippen molar-refractivity contribution < 1.29 is 9.90 Å². The van der Waals surface area contributed by atoms with Crippen molar-refractivity contribution in [3.8, 4) is 5.75 Å². The monoisotopic (exact) mass is 217 g/mol. The molecule has 0 atom stereocenters. The summed E-state index contributed by atoms with van der Waals surface area (Å²) >= 11 is 0. The summed E-state index contributed by atoms with van der Waals surface area (Å²) in [6, 6.07) is 6.97. The van der Waals surface area contributed by atoms with Crippen molar-refractivity contribution in [2.24, 2.45) is 10.4 Å². The zero-order valence-electron chi connectivity index (χ0n) is 9.53. The van der Waals surface area contributed by atoms with Gasteiger partial charge in [0, 0.05) is 0 Å². The zero-order valence-corrected chi connectivity index (χ0v) is 9.53. The number of benzene rings is 1. The number of carbonyl (C=O) groups excluding carboxylic acids is 1. The highest BCUT2D eigenvalue weighted by atomic mass is 16.3. The molecule has 0 radical (unpaired) electrons. The maximum Gasteiger partial charge on any atom is 0.235 e. The highest BCUT2D eigenvalue weighted by Gasteiger charge is 2.50. The second kappa shape index (κ2) is 3.46. The van der Waals surface area contributed by atoms with Crippen LogP contribution >= 0.6 is 0 Å². The summed E-state index contributed by atoms with van der Waals surface area (Å²) in [5, 5.41) is 9.45. The largest absolute Gasteiger partial charge is 0.508 e. The first-order valence-corrected chi connectivity index (χ1v) is 5.36. The number of phenols is 1. The molecular formula is C13H15NO2. The first-order valence-electron chi connectivity index (χ1n) is 5.36. The Hall–Kier alpha value is -1.60. The molecule has 1 fully saturated rings. The van der Waals surface area contributed by atoms with Gasteiger partial charge in [-0.05, 0) is 36.0 Å². The Morgan fingerprint density at radius 3 is 2.56 bits per heavy atom. The number of aromatic hydroxyl groups is 1. The van der Waals surface area contributed by atoms with Crippen LogP contribution in [-0.2, 0) is 10.3 Å². The van der Waals surface area contributed by atoms with Gasteiger partial charge in [0.05, 0.1) is 5.54 Å². The Kier molecular flexibility index (Phi) is 2.36. The van der Waals surface area contributed by atoms with E-state index in [1.165, 1.54) is 0 Å². The molecule has 0 unspecified atom stereocenters. The predicted octanol–water partition coefficient (Wildman–Crippen LogP) is 2.74. The Morgan fingerprint density at radius 2 is 2.06 bits per heavy atom. The van der Waals surface area contributed by atoms with Crippen LogP contribution in [0.1, 0.15) is 32.3 Å². The Labute approximate surface area is 94.8 Å². The fraction of sp³-hybridized carbons (Fsp3) is 0.462. The molecule has 0 amide bonds. The Morgan fingerprint density at radius 1 is 1.38 bits per heavy atom. The van der Waals surface area contributed by atoms with Crippen molar-refractivity contribution in [3.05, 3.63) is 29.8 Å². The standard InChI is InChI=1S/C13H15NO2/c1-12(2)7-13(8-12,14-9-15)10-4-3-5-11(16)6-10/h3-6,16H,7-8H2,1-2H3. The lowest BCUT2D eigenvalue weighted by atomic mass is 9.57. The van der Waals surface area contributed by atoms with Crippen LogP contribution < -0.4 is 0 Å². The van der Waals surface area contributed by atoms with E-state index in [1.54, 1.807) is 24.3 Å². The second-order valence-electron chi connectivity index (χ2n) is 5.30. The fourth-order valence-electron chi connectivity index (χ4n) is 2.76. The number of aliphatic imine (C=N–C) groups is 1. The van der Waals surface area contributed by atoms with Gasteiger partial charge in [-0.3, -0.25) is 0 Å². The summed E-state index contributed by atoms with van der Waals surface area (Å²) < 4.78 is 0. The average molecular weight is 217 g/mol. The zero-order chi connectivity index (χ0) is 11.8. The fourth-order valence-corrected chi connectivity index (χ4v) is 2.76. The molecule has 0 spiro atoms. The molecule has 1 aliphatic carbocycles. The highest BCUT2D eigenvalue weighted by molar-refractivity contribution is 5.42. The van der Waals surface area contributed by atoms with E-state index >= 15 is 0 Å². The number of isocyanates is 1. The van der Waals surface area contributed by atoms with Gasteiger partial charge in [-0.2, -0.15) is 4.99 Å². The molecule has 1 aromatic carbocycles. The Bertz CT molecular complexity index is 451. The molecule has 1 aromatic rings. The lowest BCUT2D eigenvalue weighted by molar-refractivity contribution is 0.0637. The van der Waals surface area contributed by atoms with E-state index in [0.717, 1.165) is 18.4 Å². The van der Waals surface area contributed by atoms with Crippen LogP contribution in [0.3, 0.4) is 0 Å². The summed E-state index contributed by atoms with van der Waals surface area (Å²) in [7, 11) is 0. The number of hydrogen-bond acceptors (Lipinski definition) is 3. The van der Waals surface area contributed by atoms with E-state index < -0.39 is 5.54 Å². The van der Waals surface area contributed by atoms with Gasteiger partial charge in [-0.15, -0.1) is 0 Å². The van der Waals surface area contributed by atoms with Gasteiger partial charge >= 0.3 is 0 Å². The third kappa shape index (κ3) is 1.74. The van der Waals surface area contributed by atoms with E-state index in [4.69, 9.17) is 0 Å². The van der Waals surface area contributed by atoms with Crippen molar-refractivity contribution in [1.82, 2.24) is 0 Å². The molecule has 0 bridgehead atoms. The van der Waals surface area contributed by atoms with Crippen LogP contribution in [0.4, 0.5) is 0 Å². The normalized spacial score (nSPS) is 20.6. The summed E-state index contributed by atoms with van der Waals surface area (Å²) in [5.74, 6) is 0.211. The number of phenolic OH excluding ortho intramolecular Hbond substituents is 1. The maximum absolute atomic E-state index is 10.5. The summed E-state index contributed by atoms with van der Waals surface area (Å²) in [5.41, 5.74) is 0.630. The van der Waals surface area contributed by atoms with Crippen LogP contribution in [0.5, 0.6) is 5.75 Å². The topological polar surface area (TPSA) is 49.7 Å². The maximum atomic E-state index is 10.5. The smallest absolute Gasteiger partial charge is 0.235 e. The minimum atomic E-state index is -0.468. The van der Waals surface area contributed by atoms with Crippen LogP contribution in [0.25, 0.3) is 0 Å². The minimum Gasteiger partial charge on any atom is -0.508 e. The van der Waals surface area contributed by atoms with Gasteiger partial charge in [-0.1, -0.05) is 26.0 Å². The SMILES string of the molecule is CC1(C)CC(N=C=O)(c2cccc(O)c2)C1. The molecule has 1 saturated carbocycles. The second-order valence-corrected chi connectivity index (χ2v) is 5.30. The van der Waals surface area contributed by atoms with E-state index in [0.29, 0.717) is 0 Å². The third-order valence-electron chi connectivity index (χ3n) is 3.19. The van der Waals surface area contributed by atoms with E-state index in [2.05, 4.69) is 18.8 Å². The number of hydrogen-bond donors (Lipinski definition) is 1. The highest BCUT2D eigenvalue weighted by Crippen LogP contribution is 2.56. The van der Waals surface area contributed by atoms with Gasteiger partial charge in [0.1, 0.15) is 5.75 Å². The van der Waals surface area contributed by atoms with Gasteiger partial charge in [0.25, 0.3) is 0 Å². The number of rotatable bonds is 2. The third-order valence-corrected chi connectivity index (χ3v) is 3.19. The molecule has 3 nitrogen and oxygen atoms in total. The quantitative estimate of drug-likeness (QED) is 0.611. The predicted molar refractivity (Wildman–Crippen MR) is 60.9 cm³/mol. The Balaban J connectivity index is 2.39. The molecular weight excluding hydrogens is 202 g/mol. The lowest BCUT2D eigenvalue weighted by Crippen LogP contribution is -2.45. The molecule has 1 N–H and O–H groups in total. The van der Waals surface area contributed by atoms with Crippen LogP contribution in [-0.4, -0.2) is 11.2 Å². The molecule has 3 heteroatoms. The first kappa shape index (κ1) is 10.9. The molecule has 0 aromatic heterocycles. The van der Waals surface area contributed by atoms with Crippen LogP contribution in [0.15, 0.2) is 29.3 Å². The molecule has 0 aliphatic heterocycles. The van der Waals surface area contributed by atoms with Crippen LogP contribution in [0, 0.1) is 5.41 Å². The molecule has 84 valence electrons. The van der Waals surface area contributed by atoms with Crippen molar-refractivity contribution >= 4 is 6.08 Å². The molecule has 0 saturated heterocycles. The van der Waals surface area contributed by atoms with Gasteiger partial charge < -0.3 is 5.11 Å². The van der Waals surface area contributed by atoms with E-state index in [1.807, 2.05) is 6.07 Å². The summed E-state index contributed by atoms with van der Waals surface area (Å²) in [6.45, 7) is 4.29. The number of nitrogens with zero attached hydrogens (tertiary/aromatic N) is 1. The van der Waals surface area contributed by atoms with Crippen LogP contribution in [0.2, 0.25) is 0 Å². The molecule has 1 aliphatic rings. The van der Waals surface area contributed by atoms with E-state index in [-0.39, 0.29) is 11.2 Å². The average Bonchev–Trinajstić information content (AvgIpc) is 2.15. The van der Waals surface area contributed by atoms with Gasteiger partial charge in [-0.25, -0.2) is 4.79 Å². The molecule has 16 heavy (non-hydrogen) atoms. The van der Waals surface area contributed by atoms with Crippen molar-refractivity contribution in [3.63, 3.8) is 0 Å². The van der Waals surface area contributed by atoms with Gasteiger partial charge in [0.15, 0.2) is 0 Å². The summed E-state index contributed by atoms with van der Waals surface area (Å²) in [6.07, 6.45) is 3.30. The van der Waals surface area contributed by atoms with Crippen molar-refractivity contribution in [2.75, 3.05) is 0 Å². The minimum absolute atomic E-state index is 0.200. The van der Waals surface area contributed by atoms with Gasteiger partial charge in [0.2, 0.25) is 6.08 Å². The lowest BCUT2D eigenvalue weighted by Gasteiger charge is -2.50. The molecule has 2 rings (SSSR count). The summed E-state index contributed by atoms with van der Waals surface area (Å²) in [4.78, 5) is 14.5. The van der Waals surface area contributed by atoms with Crippen molar-refractivity contribution in [2.45, 2.75) is 32.2 Å². The molecule has 0 heterocycles. The van der Waals surface area contributed by atoms with Crippen molar-refractivity contribution in [1.29, 1.82) is 0 Å².